The predicted molar refractivity (Wildman–Crippen MR) is 244 cm³/mol. The second-order valence-electron chi connectivity index (χ2n) is 21.4. The van der Waals surface area contributed by atoms with Crippen molar-refractivity contribution >= 4 is 14.8 Å². The van der Waals surface area contributed by atoms with E-state index in [9.17, 15) is 4.79 Å². The highest BCUT2D eigenvalue weighted by Gasteiger charge is 2.35. The van der Waals surface area contributed by atoms with Gasteiger partial charge in [-0.2, -0.15) is 0 Å². The summed E-state index contributed by atoms with van der Waals surface area (Å²) in [6, 6.07) is 17.1. The van der Waals surface area contributed by atoms with Crippen molar-refractivity contribution in [3.05, 3.63) is 104 Å². The van der Waals surface area contributed by atoms with E-state index in [1.54, 1.807) is 0 Å². The summed E-state index contributed by atoms with van der Waals surface area (Å²) in [5.74, 6) is 2.53. The molecule has 0 radical (unpaired) electrons. The Labute approximate surface area is 352 Å². The second-order valence-corrected chi connectivity index (χ2v) is 22.4. The molecule has 0 aliphatic carbocycles. The molecule has 0 spiro atoms. The van der Waals surface area contributed by atoms with E-state index in [2.05, 4.69) is 173 Å². The average Bonchev–Trinajstić information content (AvgIpc) is 3.01. The highest BCUT2D eigenvalue weighted by molar-refractivity contribution is 7.43. The van der Waals surface area contributed by atoms with E-state index in [0.717, 1.165) is 78.3 Å². The van der Waals surface area contributed by atoms with Crippen LogP contribution < -0.4 is 18.3 Å². The van der Waals surface area contributed by atoms with Gasteiger partial charge >= 0.3 is 14.8 Å². The third-order valence-electron chi connectivity index (χ3n) is 9.90. The van der Waals surface area contributed by atoms with Gasteiger partial charge in [-0.1, -0.05) is 131 Å². The zero-order valence-electron chi connectivity index (χ0n) is 39.5. The quantitative estimate of drug-likeness (QED) is 0.100. The van der Waals surface area contributed by atoms with Gasteiger partial charge in [0.2, 0.25) is 0 Å². The van der Waals surface area contributed by atoms with E-state index in [1.165, 1.54) is 0 Å². The summed E-state index contributed by atoms with van der Waals surface area (Å²) in [6.07, 6.45) is -0.766. The van der Waals surface area contributed by atoms with Crippen LogP contribution in [-0.2, 0) is 26.4 Å². The molecular weight excluding hydrogens is 740 g/mol. The van der Waals surface area contributed by atoms with Gasteiger partial charge in [-0.25, -0.2) is 4.79 Å². The van der Waals surface area contributed by atoms with Crippen LogP contribution in [0.2, 0.25) is 0 Å². The highest BCUT2D eigenvalue weighted by Crippen LogP contribution is 2.54. The number of carbonyl (C=O) groups excluding carboxylic acids is 1. The molecule has 0 fully saturated rings. The molecule has 6 nitrogen and oxygen atoms in total. The summed E-state index contributed by atoms with van der Waals surface area (Å²) in [7, 11) is -2.16. The Morgan fingerprint density at radius 1 is 0.414 bits per heavy atom. The van der Waals surface area contributed by atoms with Crippen LogP contribution >= 0.6 is 8.60 Å². The highest BCUT2D eigenvalue weighted by atomic mass is 31.2. The van der Waals surface area contributed by atoms with Crippen LogP contribution in [0.15, 0.2) is 48.5 Å². The Bertz CT molecular complexity index is 2090. The number of carbonyl (C=O) groups is 1. The Hall–Kier alpha value is -4.02. The van der Waals surface area contributed by atoms with Crippen LogP contribution in [0.5, 0.6) is 23.0 Å². The Kier molecular flexibility index (Phi) is 13.3. The number of benzene rings is 4. The van der Waals surface area contributed by atoms with Crippen LogP contribution in [0.4, 0.5) is 4.79 Å². The minimum Gasteiger partial charge on any atom is -0.428 e. The van der Waals surface area contributed by atoms with Gasteiger partial charge in [0.15, 0.2) is 0 Å². The van der Waals surface area contributed by atoms with E-state index >= 15 is 0 Å². The minimum atomic E-state index is -2.16. The fraction of sp³-hybridized carbons (Fsp3) is 0.510. The van der Waals surface area contributed by atoms with Crippen LogP contribution in [0.1, 0.15) is 159 Å². The molecule has 4 aromatic carbocycles. The van der Waals surface area contributed by atoms with Gasteiger partial charge in [-0.3, -0.25) is 0 Å². The van der Waals surface area contributed by atoms with Crippen molar-refractivity contribution < 1.29 is 27.8 Å². The number of ether oxygens (including phenoxy) is 2. The largest absolute Gasteiger partial charge is 0.530 e. The zero-order chi connectivity index (χ0) is 44.1. The molecule has 0 N–H and O–H groups in total. The third kappa shape index (κ3) is 11.4. The molecule has 0 aliphatic rings. The maximum atomic E-state index is 13.6. The molecule has 0 heterocycles. The average molecular weight is 811 g/mol. The molecule has 4 aromatic rings. The van der Waals surface area contributed by atoms with Crippen molar-refractivity contribution in [1.29, 1.82) is 0 Å². The summed E-state index contributed by atoms with van der Waals surface area (Å²) in [6.45, 7) is 44.2. The molecule has 58 heavy (non-hydrogen) atoms. The minimum absolute atomic E-state index is 0.228. The van der Waals surface area contributed by atoms with Crippen molar-refractivity contribution in [3.63, 3.8) is 0 Å². The molecule has 0 bridgehead atoms. The van der Waals surface area contributed by atoms with Crippen LogP contribution in [0, 0.1) is 41.5 Å². The summed E-state index contributed by atoms with van der Waals surface area (Å²) < 4.78 is 33.8. The molecule has 7 heteroatoms. The Balaban J connectivity index is 2.13. The van der Waals surface area contributed by atoms with Crippen molar-refractivity contribution in [1.82, 2.24) is 0 Å². The lowest BCUT2D eigenvalue weighted by Crippen LogP contribution is -2.27. The maximum absolute atomic E-state index is 13.6. The monoisotopic (exact) mass is 810 g/mol. The van der Waals surface area contributed by atoms with Gasteiger partial charge in [-0.15, -0.1) is 0 Å². The SMILES string of the molecule is Cc1cc(C)c(OP(Oc2c(C)cc(C)cc2C(C)(C)C)Oc2c(-c3cc(C)cc(C(C)(C)C)c3OC(=O)OC(C)(C)C)cc(C)cc2C(C)(C)C)c(C(C)(C)C)c1. The zero-order valence-corrected chi connectivity index (χ0v) is 40.4. The Morgan fingerprint density at radius 3 is 1.05 bits per heavy atom. The fourth-order valence-corrected chi connectivity index (χ4v) is 8.41. The summed E-state index contributed by atoms with van der Waals surface area (Å²) in [5.41, 5.74) is 9.91. The van der Waals surface area contributed by atoms with Crippen molar-refractivity contribution in [2.75, 3.05) is 0 Å². The van der Waals surface area contributed by atoms with Crippen LogP contribution in [0.25, 0.3) is 11.1 Å². The lowest BCUT2D eigenvalue weighted by atomic mass is 9.80. The van der Waals surface area contributed by atoms with Crippen molar-refractivity contribution in [3.8, 4) is 34.1 Å². The van der Waals surface area contributed by atoms with E-state index in [1.807, 2.05) is 20.8 Å². The number of rotatable bonds is 8. The van der Waals surface area contributed by atoms with Crippen molar-refractivity contribution in [2.45, 2.75) is 173 Å². The first-order valence-corrected chi connectivity index (χ1v) is 21.6. The standard InChI is InChI=1S/C51H71O6P/c1-30-22-34(5)42(38(26-30)47(7,8)9)55-58(56-43-35(6)23-31(2)27-39(43)48(10,11)12)57-45-37(25-33(4)29-41(45)50(16,17)18)36-24-32(3)28-40(49(13,14)15)44(36)53-46(52)54-51(19,20)21/h22-29H,1-21H3. The van der Waals surface area contributed by atoms with Gasteiger partial charge in [-0.05, 0) is 118 Å². The van der Waals surface area contributed by atoms with Crippen LogP contribution in [-0.4, -0.2) is 11.8 Å². The van der Waals surface area contributed by atoms with Gasteiger partial charge in [0.1, 0.15) is 28.6 Å². The molecule has 316 valence electrons. The number of aryl methyl sites for hydroxylation is 6. The van der Waals surface area contributed by atoms with Gasteiger partial charge in [0.25, 0.3) is 0 Å². The first-order valence-electron chi connectivity index (χ1n) is 20.5. The molecule has 0 unspecified atom stereocenters. The molecule has 0 aliphatic heterocycles. The lowest BCUT2D eigenvalue weighted by Gasteiger charge is -2.32. The predicted octanol–water partition coefficient (Wildman–Crippen LogP) is 15.5. The van der Waals surface area contributed by atoms with E-state index in [0.29, 0.717) is 11.5 Å². The molecule has 0 saturated heterocycles. The smallest absolute Gasteiger partial charge is 0.428 e. The second kappa shape index (κ2) is 16.6. The summed E-state index contributed by atoms with van der Waals surface area (Å²) in [5, 5.41) is 0. The van der Waals surface area contributed by atoms with E-state index in [-0.39, 0.29) is 21.7 Å². The third-order valence-corrected chi connectivity index (χ3v) is 10.9. The van der Waals surface area contributed by atoms with E-state index in [4.69, 9.17) is 23.0 Å². The lowest BCUT2D eigenvalue weighted by molar-refractivity contribution is 0.0204. The fourth-order valence-electron chi connectivity index (χ4n) is 7.17. The Morgan fingerprint density at radius 2 is 0.707 bits per heavy atom. The molecule has 4 rings (SSSR count). The van der Waals surface area contributed by atoms with Crippen LogP contribution in [0.3, 0.4) is 0 Å². The molecular formula is C51H71O6P. The number of hydrogen-bond donors (Lipinski definition) is 0. The van der Waals surface area contributed by atoms with Crippen molar-refractivity contribution in [2.24, 2.45) is 0 Å². The first-order chi connectivity index (χ1) is 26.3. The molecule has 0 saturated carbocycles. The molecule has 0 amide bonds. The normalized spacial score (nSPS) is 12.8. The summed E-state index contributed by atoms with van der Waals surface area (Å²) in [4.78, 5) is 13.6. The van der Waals surface area contributed by atoms with E-state index < -0.39 is 20.4 Å². The number of hydrogen-bond acceptors (Lipinski definition) is 6. The van der Waals surface area contributed by atoms with Gasteiger partial charge in [0, 0.05) is 33.4 Å². The van der Waals surface area contributed by atoms with Gasteiger partial charge in [0.05, 0.1) is 0 Å². The molecule has 0 aromatic heterocycles. The topological polar surface area (TPSA) is 63.2 Å². The summed E-state index contributed by atoms with van der Waals surface area (Å²) >= 11 is 0. The molecule has 0 atom stereocenters. The first kappa shape index (κ1) is 46.7. The maximum Gasteiger partial charge on any atom is 0.530 e. The van der Waals surface area contributed by atoms with Gasteiger partial charge < -0.3 is 23.0 Å².